The molecule has 0 spiro atoms. The van der Waals surface area contributed by atoms with Crippen LogP contribution in [-0.2, 0) is 17.7 Å². The highest BCUT2D eigenvalue weighted by molar-refractivity contribution is 5.74. The average molecular weight is 413 g/mol. The Bertz CT molecular complexity index is 1220. The van der Waals surface area contributed by atoms with E-state index in [2.05, 4.69) is 17.1 Å². The van der Waals surface area contributed by atoms with Gasteiger partial charge in [-0.2, -0.15) is 10.2 Å². The molecule has 2 aliphatic rings. The van der Waals surface area contributed by atoms with Crippen LogP contribution in [0.4, 0.5) is 0 Å². The molecule has 0 aliphatic carbocycles. The van der Waals surface area contributed by atoms with E-state index >= 15 is 0 Å². The van der Waals surface area contributed by atoms with Crippen LogP contribution >= 0.6 is 0 Å². The second-order valence-corrected chi connectivity index (χ2v) is 8.12. The van der Waals surface area contributed by atoms with Gasteiger partial charge in [-0.15, -0.1) is 0 Å². The third-order valence-electron chi connectivity index (χ3n) is 6.02. The van der Waals surface area contributed by atoms with Gasteiger partial charge in [-0.25, -0.2) is 4.79 Å². The fourth-order valence-corrected chi connectivity index (χ4v) is 4.37. The van der Waals surface area contributed by atoms with Gasteiger partial charge in [-0.05, 0) is 48.1 Å². The highest BCUT2D eigenvalue weighted by Gasteiger charge is 2.21. The molecule has 0 bridgehead atoms. The molecule has 0 saturated carbocycles. The Morgan fingerprint density at radius 2 is 2.10 bits per heavy atom. The minimum atomic E-state index is -0.274. The van der Waals surface area contributed by atoms with Crippen molar-refractivity contribution < 1.29 is 9.47 Å². The fourth-order valence-electron chi connectivity index (χ4n) is 4.37. The number of nitrogens with zero attached hydrogens (tertiary/aromatic N) is 3. The van der Waals surface area contributed by atoms with Gasteiger partial charge in [0.25, 0.3) is 0 Å². The third-order valence-corrected chi connectivity index (χ3v) is 6.02. The van der Waals surface area contributed by atoms with Crippen molar-refractivity contribution in [3.63, 3.8) is 0 Å². The summed E-state index contributed by atoms with van der Waals surface area (Å²) in [5.41, 5.74) is 5.49. The molecule has 1 unspecified atom stereocenters. The van der Waals surface area contributed by atoms with E-state index in [1.165, 1.54) is 5.56 Å². The topological polar surface area (TPSA) is 77.1 Å². The van der Waals surface area contributed by atoms with Crippen molar-refractivity contribution in [2.24, 2.45) is 5.92 Å². The maximum Gasteiger partial charge on any atom is 0.351 e. The lowest BCUT2D eigenvalue weighted by atomic mass is 9.93. The smallest absolute Gasteiger partial charge is 0.351 e. The normalized spacial score (nSPS) is 17.3. The number of ether oxygens (including phenoxy) is 2. The summed E-state index contributed by atoms with van der Waals surface area (Å²) in [6, 6.07) is 17.9. The molecule has 2 aliphatic heterocycles. The average Bonchev–Trinajstić information content (AvgIpc) is 2.83. The summed E-state index contributed by atoms with van der Waals surface area (Å²) >= 11 is 0. The molecule has 1 fully saturated rings. The van der Waals surface area contributed by atoms with Crippen molar-refractivity contribution in [1.82, 2.24) is 9.55 Å². The van der Waals surface area contributed by atoms with Gasteiger partial charge < -0.3 is 9.47 Å². The van der Waals surface area contributed by atoms with Gasteiger partial charge in [-0.3, -0.25) is 4.57 Å². The van der Waals surface area contributed by atoms with Gasteiger partial charge >= 0.3 is 5.69 Å². The van der Waals surface area contributed by atoms with Gasteiger partial charge in [-0.1, -0.05) is 30.3 Å². The molecule has 31 heavy (non-hydrogen) atoms. The van der Waals surface area contributed by atoms with Crippen molar-refractivity contribution in [3.05, 3.63) is 70.1 Å². The zero-order chi connectivity index (χ0) is 21.2. The van der Waals surface area contributed by atoms with Crippen LogP contribution in [0.3, 0.4) is 0 Å². The number of aryl methyl sites for hydroxylation is 1. The summed E-state index contributed by atoms with van der Waals surface area (Å²) in [6.07, 6.45) is 2.87. The molecular weight excluding hydrogens is 390 g/mol. The molecule has 5 rings (SSSR count). The quantitative estimate of drug-likeness (QED) is 0.650. The summed E-state index contributed by atoms with van der Waals surface area (Å²) in [5.74, 6) is 0.717. The maximum atomic E-state index is 12.6. The Hall–Kier alpha value is -3.43. The maximum absolute atomic E-state index is 12.6. The monoisotopic (exact) mass is 413 g/mol. The molecule has 0 radical (unpaired) electrons. The predicted molar refractivity (Wildman–Crippen MR) is 117 cm³/mol. The van der Waals surface area contributed by atoms with Gasteiger partial charge in [0.05, 0.1) is 30.5 Å². The molecule has 6 heteroatoms. The molecule has 156 valence electrons. The van der Waals surface area contributed by atoms with Crippen LogP contribution in [0, 0.1) is 17.2 Å². The zero-order valence-electron chi connectivity index (χ0n) is 17.2. The Morgan fingerprint density at radius 3 is 2.94 bits per heavy atom. The van der Waals surface area contributed by atoms with E-state index in [0.29, 0.717) is 37.1 Å². The molecule has 6 nitrogen and oxygen atoms in total. The lowest BCUT2D eigenvalue weighted by molar-refractivity contribution is 0.0343. The van der Waals surface area contributed by atoms with E-state index in [4.69, 9.17) is 9.47 Å². The minimum absolute atomic E-state index is 0.274. The summed E-state index contributed by atoms with van der Waals surface area (Å²) in [6.45, 7) is 2.61. The van der Waals surface area contributed by atoms with Crippen LogP contribution < -0.4 is 10.4 Å². The van der Waals surface area contributed by atoms with Crippen LogP contribution in [0.1, 0.15) is 24.0 Å². The van der Waals surface area contributed by atoms with Gasteiger partial charge in [0.1, 0.15) is 0 Å². The van der Waals surface area contributed by atoms with E-state index < -0.39 is 0 Å². The highest BCUT2D eigenvalue weighted by Crippen LogP contribution is 2.33. The summed E-state index contributed by atoms with van der Waals surface area (Å²) in [5, 5.41) is 9.18. The van der Waals surface area contributed by atoms with E-state index in [1.54, 1.807) is 10.6 Å². The van der Waals surface area contributed by atoms with Crippen molar-refractivity contribution >= 4 is 0 Å². The third kappa shape index (κ3) is 3.97. The van der Waals surface area contributed by atoms with E-state index in [9.17, 15) is 10.1 Å². The number of rotatable bonds is 4. The Kier molecular flexibility index (Phi) is 5.27. The van der Waals surface area contributed by atoms with Gasteiger partial charge in [0, 0.05) is 30.7 Å². The summed E-state index contributed by atoms with van der Waals surface area (Å²) < 4.78 is 13.1. The van der Waals surface area contributed by atoms with Crippen molar-refractivity contribution in [1.29, 1.82) is 5.26 Å². The SMILES string of the molecule is N#Cc1cccc(-c2ccc3c(c2)CCn2c-3cc(OCC3CCCOC3)nc2=O)c1. The number of aromatic nitrogens is 2. The van der Waals surface area contributed by atoms with Crippen LogP contribution in [0.15, 0.2) is 53.3 Å². The molecule has 1 atom stereocenters. The number of nitriles is 1. The molecule has 2 aromatic carbocycles. The van der Waals surface area contributed by atoms with Crippen molar-refractivity contribution in [2.45, 2.75) is 25.8 Å². The number of fused-ring (bicyclic) bond motifs is 3. The van der Waals surface area contributed by atoms with Crippen molar-refractivity contribution in [2.75, 3.05) is 19.8 Å². The number of hydrogen-bond acceptors (Lipinski definition) is 5. The van der Waals surface area contributed by atoms with Crippen molar-refractivity contribution in [3.8, 4) is 34.3 Å². The second kappa shape index (κ2) is 8.37. The van der Waals surface area contributed by atoms with Gasteiger partial charge in [0.2, 0.25) is 5.88 Å². The first-order valence-corrected chi connectivity index (χ1v) is 10.7. The fraction of sp³-hybridized carbons (Fsp3) is 0.320. The first-order chi connectivity index (χ1) is 15.2. The molecule has 3 heterocycles. The summed E-state index contributed by atoms with van der Waals surface area (Å²) in [4.78, 5) is 16.8. The minimum Gasteiger partial charge on any atom is -0.477 e. The second-order valence-electron chi connectivity index (χ2n) is 8.12. The first-order valence-electron chi connectivity index (χ1n) is 10.7. The standard InChI is InChI=1S/C25H23N3O3/c26-14-17-3-1-5-19(11-17)20-6-7-22-21(12-20)8-9-28-23(22)13-24(27-25(28)29)31-16-18-4-2-10-30-15-18/h1,3,5-7,11-13,18H,2,4,8-10,15-16H2. The molecule has 0 N–H and O–H groups in total. The molecular formula is C25H23N3O3. The zero-order valence-corrected chi connectivity index (χ0v) is 17.2. The molecule has 0 amide bonds. The number of benzene rings is 2. The van der Waals surface area contributed by atoms with E-state index in [-0.39, 0.29) is 5.69 Å². The lowest BCUT2D eigenvalue weighted by Gasteiger charge is -2.24. The Morgan fingerprint density at radius 1 is 1.19 bits per heavy atom. The molecule has 1 saturated heterocycles. The predicted octanol–water partition coefficient (Wildman–Crippen LogP) is 3.81. The van der Waals surface area contributed by atoms with Crippen LogP contribution in [0.5, 0.6) is 5.88 Å². The van der Waals surface area contributed by atoms with Crippen LogP contribution in [-0.4, -0.2) is 29.4 Å². The lowest BCUT2D eigenvalue weighted by Crippen LogP contribution is -2.29. The van der Waals surface area contributed by atoms with E-state index in [0.717, 1.165) is 48.3 Å². The number of hydrogen-bond donors (Lipinski definition) is 0. The first kappa shape index (κ1) is 19.5. The molecule has 3 aromatic rings. The largest absolute Gasteiger partial charge is 0.477 e. The highest BCUT2D eigenvalue weighted by atomic mass is 16.5. The Balaban J connectivity index is 1.45. The molecule has 1 aromatic heterocycles. The summed E-state index contributed by atoms with van der Waals surface area (Å²) in [7, 11) is 0. The van der Waals surface area contributed by atoms with Gasteiger partial charge in [0.15, 0.2) is 0 Å². The van der Waals surface area contributed by atoms with E-state index in [1.807, 2.05) is 36.4 Å². The van der Waals surface area contributed by atoms with Crippen LogP contribution in [0.2, 0.25) is 0 Å². The van der Waals surface area contributed by atoms with Crippen LogP contribution in [0.25, 0.3) is 22.4 Å². The Labute approximate surface area is 180 Å².